The van der Waals surface area contributed by atoms with Gasteiger partial charge in [0, 0.05) is 18.5 Å². The van der Waals surface area contributed by atoms with E-state index in [4.69, 9.17) is 9.84 Å². The molecule has 0 saturated heterocycles. The van der Waals surface area contributed by atoms with Gasteiger partial charge in [-0.3, -0.25) is 9.59 Å². The number of amides is 2. The van der Waals surface area contributed by atoms with Crippen molar-refractivity contribution in [3.63, 3.8) is 0 Å². The molecule has 0 spiro atoms. The quantitative estimate of drug-likeness (QED) is 0.480. The van der Waals surface area contributed by atoms with Crippen LogP contribution in [0.1, 0.15) is 56.1 Å². The van der Waals surface area contributed by atoms with Gasteiger partial charge in [0.15, 0.2) is 0 Å². The maximum atomic E-state index is 12.6. The number of nitrogens with one attached hydrogen (secondary N) is 2. The normalized spacial score (nSPS) is 19.7. The molecule has 2 aromatic carbocycles. The van der Waals surface area contributed by atoms with Crippen molar-refractivity contribution in [3.8, 4) is 11.1 Å². The Labute approximate surface area is 199 Å². The lowest BCUT2D eigenvalue weighted by Crippen LogP contribution is -2.44. The van der Waals surface area contributed by atoms with Crippen LogP contribution in [0.25, 0.3) is 11.1 Å². The Bertz CT molecular complexity index is 1010. The Balaban J connectivity index is 1.28. The molecule has 1 saturated carbocycles. The zero-order valence-electron chi connectivity index (χ0n) is 19.5. The highest BCUT2D eigenvalue weighted by atomic mass is 16.5. The Morgan fingerprint density at radius 1 is 1.03 bits per heavy atom. The molecule has 4 rings (SSSR count). The van der Waals surface area contributed by atoms with Gasteiger partial charge in [-0.2, -0.15) is 0 Å². The number of ether oxygens (including phenoxy) is 1. The first-order valence-electron chi connectivity index (χ1n) is 12.1. The molecule has 1 fully saturated rings. The molecule has 7 nitrogen and oxygen atoms in total. The van der Waals surface area contributed by atoms with Gasteiger partial charge in [-0.25, -0.2) is 4.79 Å². The van der Waals surface area contributed by atoms with Gasteiger partial charge in [0.25, 0.3) is 0 Å². The van der Waals surface area contributed by atoms with Crippen molar-refractivity contribution in [1.29, 1.82) is 0 Å². The molecule has 2 aliphatic rings. The van der Waals surface area contributed by atoms with E-state index in [0.29, 0.717) is 25.8 Å². The number of benzene rings is 2. The summed E-state index contributed by atoms with van der Waals surface area (Å²) in [5, 5.41) is 14.8. The van der Waals surface area contributed by atoms with Crippen molar-refractivity contribution in [1.82, 2.24) is 10.6 Å². The predicted octanol–water partition coefficient (Wildman–Crippen LogP) is 4.31. The molecular formula is C27H32N2O5. The first-order chi connectivity index (χ1) is 16.5. The monoisotopic (exact) mass is 464 g/mol. The van der Waals surface area contributed by atoms with Gasteiger partial charge < -0.3 is 20.5 Å². The molecule has 3 N–H and O–H groups in total. The van der Waals surface area contributed by atoms with Crippen LogP contribution in [0.3, 0.4) is 0 Å². The highest BCUT2D eigenvalue weighted by Gasteiger charge is 2.35. The molecule has 7 heteroatoms. The molecule has 0 radical (unpaired) electrons. The number of alkyl carbamates (subject to hydrolysis) is 1. The van der Waals surface area contributed by atoms with Crippen LogP contribution in [0.4, 0.5) is 4.79 Å². The molecule has 180 valence electrons. The minimum absolute atomic E-state index is 0.00554. The number of aliphatic carboxylic acids is 1. The van der Waals surface area contributed by atoms with E-state index in [9.17, 15) is 14.4 Å². The lowest BCUT2D eigenvalue weighted by atomic mass is 9.98. The minimum atomic E-state index is -0.825. The number of hydrogen-bond acceptors (Lipinski definition) is 4. The molecule has 2 aliphatic carbocycles. The highest BCUT2D eigenvalue weighted by molar-refractivity contribution is 5.81. The molecule has 3 atom stereocenters. The summed E-state index contributed by atoms with van der Waals surface area (Å²) in [7, 11) is 0. The second-order valence-electron chi connectivity index (χ2n) is 9.29. The molecule has 0 bridgehead atoms. The third-order valence-corrected chi connectivity index (χ3v) is 7.03. The van der Waals surface area contributed by atoms with Crippen LogP contribution in [0.2, 0.25) is 0 Å². The fraction of sp³-hybridized carbons (Fsp3) is 0.444. The van der Waals surface area contributed by atoms with Gasteiger partial charge in [0.2, 0.25) is 5.91 Å². The molecule has 0 aromatic heterocycles. The second kappa shape index (κ2) is 10.7. The Morgan fingerprint density at radius 2 is 1.68 bits per heavy atom. The van der Waals surface area contributed by atoms with Gasteiger partial charge in [-0.1, -0.05) is 61.9 Å². The Morgan fingerprint density at radius 3 is 2.32 bits per heavy atom. The summed E-state index contributed by atoms with van der Waals surface area (Å²) in [6, 6.07) is 16.1. The topological polar surface area (TPSA) is 105 Å². The maximum Gasteiger partial charge on any atom is 0.407 e. The van der Waals surface area contributed by atoms with E-state index in [1.165, 1.54) is 11.1 Å². The number of carboxylic acids is 1. The Hall–Kier alpha value is -3.35. The van der Waals surface area contributed by atoms with Gasteiger partial charge in [-0.15, -0.1) is 0 Å². The van der Waals surface area contributed by atoms with Crippen LogP contribution < -0.4 is 10.6 Å². The largest absolute Gasteiger partial charge is 0.481 e. The fourth-order valence-corrected chi connectivity index (χ4v) is 5.11. The van der Waals surface area contributed by atoms with Crippen molar-refractivity contribution >= 4 is 18.0 Å². The summed E-state index contributed by atoms with van der Waals surface area (Å²) in [5.41, 5.74) is 4.67. The van der Waals surface area contributed by atoms with Crippen molar-refractivity contribution in [2.45, 2.75) is 51.0 Å². The van der Waals surface area contributed by atoms with E-state index in [1.807, 2.05) is 24.3 Å². The summed E-state index contributed by atoms with van der Waals surface area (Å²) in [6.07, 6.45) is 2.94. The smallest absolute Gasteiger partial charge is 0.407 e. The van der Waals surface area contributed by atoms with Crippen LogP contribution in [-0.4, -0.2) is 42.3 Å². The number of carbonyl (C=O) groups excluding carboxylic acids is 2. The van der Waals surface area contributed by atoms with Crippen molar-refractivity contribution in [2.75, 3.05) is 13.2 Å². The van der Waals surface area contributed by atoms with Crippen molar-refractivity contribution in [2.24, 2.45) is 11.8 Å². The van der Waals surface area contributed by atoms with Gasteiger partial charge in [-0.05, 0) is 47.9 Å². The van der Waals surface area contributed by atoms with E-state index in [-0.39, 0.29) is 30.4 Å². The summed E-state index contributed by atoms with van der Waals surface area (Å²) in [4.78, 5) is 36.2. The average molecular weight is 465 g/mol. The SMILES string of the molecule is CC(CCCNC(=O)C1CCCC1NC(=O)OCC1c2ccccc2-c2ccccc21)C(=O)O. The molecule has 0 aliphatic heterocycles. The number of hydrogen-bond donors (Lipinski definition) is 3. The van der Waals surface area contributed by atoms with Crippen LogP contribution in [0, 0.1) is 11.8 Å². The van der Waals surface area contributed by atoms with E-state index >= 15 is 0 Å². The van der Waals surface area contributed by atoms with E-state index in [2.05, 4.69) is 34.9 Å². The molecular weight excluding hydrogens is 432 g/mol. The Kier molecular flexibility index (Phi) is 7.50. The molecule has 3 unspecified atom stereocenters. The number of carbonyl (C=O) groups is 3. The first-order valence-corrected chi connectivity index (χ1v) is 12.1. The van der Waals surface area contributed by atoms with Crippen LogP contribution in [0.15, 0.2) is 48.5 Å². The van der Waals surface area contributed by atoms with E-state index < -0.39 is 18.0 Å². The zero-order valence-corrected chi connectivity index (χ0v) is 19.5. The number of rotatable bonds is 9. The zero-order chi connectivity index (χ0) is 24.1. The van der Waals surface area contributed by atoms with Crippen LogP contribution in [-0.2, 0) is 14.3 Å². The first kappa shape index (κ1) is 23.8. The summed E-state index contributed by atoms with van der Waals surface area (Å²) in [5.74, 6) is -1.64. The third-order valence-electron chi connectivity index (χ3n) is 7.03. The lowest BCUT2D eigenvalue weighted by molar-refractivity contribution is -0.141. The number of fused-ring (bicyclic) bond motifs is 3. The molecule has 34 heavy (non-hydrogen) atoms. The van der Waals surface area contributed by atoms with Gasteiger partial charge >= 0.3 is 12.1 Å². The summed E-state index contributed by atoms with van der Waals surface area (Å²) >= 11 is 0. The summed E-state index contributed by atoms with van der Waals surface area (Å²) in [6.45, 7) is 2.34. The predicted molar refractivity (Wildman–Crippen MR) is 128 cm³/mol. The standard InChI is InChI=1S/C27H32N2O5/c1-17(26(31)32)8-7-15-28-25(30)22-13-6-14-24(22)29-27(33)34-16-23-20-11-4-2-9-18(20)19-10-3-5-12-21(19)23/h2-5,9-12,17,22-24H,6-8,13-16H2,1H3,(H,28,30)(H,29,33)(H,31,32). The maximum absolute atomic E-state index is 12.6. The van der Waals surface area contributed by atoms with E-state index in [1.54, 1.807) is 6.92 Å². The lowest BCUT2D eigenvalue weighted by Gasteiger charge is -2.21. The third kappa shape index (κ3) is 5.24. The molecule has 2 amide bonds. The molecule has 0 heterocycles. The van der Waals surface area contributed by atoms with Crippen LogP contribution in [0.5, 0.6) is 0 Å². The second-order valence-corrected chi connectivity index (χ2v) is 9.29. The summed E-state index contributed by atoms with van der Waals surface area (Å²) < 4.78 is 5.64. The molecule has 2 aromatic rings. The van der Waals surface area contributed by atoms with Crippen LogP contribution >= 0.6 is 0 Å². The fourth-order valence-electron chi connectivity index (χ4n) is 5.11. The number of carboxylic acid groups (broad SMARTS) is 1. The highest BCUT2D eigenvalue weighted by Crippen LogP contribution is 2.44. The average Bonchev–Trinajstić information content (AvgIpc) is 3.42. The van der Waals surface area contributed by atoms with Gasteiger partial charge in [0.05, 0.1) is 11.8 Å². The van der Waals surface area contributed by atoms with Crippen molar-refractivity contribution < 1.29 is 24.2 Å². The minimum Gasteiger partial charge on any atom is -0.481 e. The van der Waals surface area contributed by atoms with Gasteiger partial charge in [0.1, 0.15) is 6.61 Å². The van der Waals surface area contributed by atoms with Crippen molar-refractivity contribution in [3.05, 3.63) is 59.7 Å². The van der Waals surface area contributed by atoms with E-state index in [0.717, 1.165) is 24.0 Å².